The molecule has 0 saturated carbocycles. The first-order valence-electron chi connectivity index (χ1n) is 8.20. The van der Waals surface area contributed by atoms with Crippen LogP contribution in [0.3, 0.4) is 0 Å². The van der Waals surface area contributed by atoms with Crippen molar-refractivity contribution in [3.05, 3.63) is 35.4 Å². The molecular formula is C17H20F3N4O3+. The fourth-order valence-corrected chi connectivity index (χ4v) is 2.76. The van der Waals surface area contributed by atoms with E-state index >= 15 is 0 Å². The van der Waals surface area contributed by atoms with Crippen LogP contribution in [-0.4, -0.2) is 71.8 Å². The Morgan fingerprint density at radius 1 is 1.22 bits per heavy atom. The summed E-state index contributed by atoms with van der Waals surface area (Å²) >= 11 is 0. The van der Waals surface area contributed by atoms with Gasteiger partial charge in [0.15, 0.2) is 0 Å². The van der Waals surface area contributed by atoms with Crippen molar-refractivity contribution in [2.75, 3.05) is 33.2 Å². The van der Waals surface area contributed by atoms with Gasteiger partial charge in [-0.15, -0.1) is 0 Å². The molecule has 27 heavy (non-hydrogen) atoms. The fourth-order valence-electron chi connectivity index (χ4n) is 2.76. The lowest BCUT2D eigenvalue weighted by Gasteiger charge is -2.38. The molecule has 2 rings (SSSR count). The highest BCUT2D eigenvalue weighted by Gasteiger charge is 2.57. The third-order valence-corrected chi connectivity index (χ3v) is 4.64. The minimum Gasteiger partial charge on any atom is -0.373 e. The van der Waals surface area contributed by atoms with Gasteiger partial charge in [-0.3, -0.25) is 9.59 Å². The van der Waals surface area contributed by atoms with Crippen molar-refractivity contribution in [2.24, 2.45) is 0 Å². The molecule has 1 aromatic carbocycles. The number of carbonyl (C=O) groups excluding carboxylic acids is 2. The number of quaternary nitrogens is 1. The van der Waals surface area contributed by atoms with Crippen LogP contribution < -0.4 is 5.01 Å². The Labute approximate surface area is 154 Å². The van der Waals surface area contributed by atoms with Gasteiger partial charge >= 0.3 is 6.18 Å². The van der Waals surface area contributed by atoms with Gasteiger partial charge < -0.3 is 10.0 Å². The number of hydrogen-bond donors (Lipinski definition) is 2. The summed E-state index contributed by atoms with van der Waals surface area (Å²) in [7, 11) is 1.55. The number of amides is 2. The van der Waals surface area contributed by atoms with Crippen molar-refractivity contribution in [3.63, 3.8) is 0 Å². The molecule has 1 unspecified atom stereocenters. The number of halogens is 3. The van der Waals surface area contributed by atoms with Gasteiger partial charge in [0.1, 0.15) is 13.1 Å². The van der Waals surface area contributed by atoms with Gasteiger partial charge in [0.2, 0.25) is 5.60 Å². The van der Waals surface area contributed by atoms with Crippen LogP contribution in [0.1, 0.15) is 22.8 Å². The Morgan fingerprint density at radius 2 is 1.74 bits per heavy atom. The van der Waals surface area contributed by atoms with Crippen molar-refractivity contribution in [1.29, 1.82) is 5.26 Å². The predicted molar refractivity (Wildman–Crippen MR) is 87.2 cm³/mol. The Morgan fingerprint density at radius 3 is 2.19 bits per heavy atom. The molecule has 1 aliphatic heterocycles. The third-order valence-electron chi connectivity index (χ3n) is 4.64. The lowest BCUT2D eigenvalue weighted by molar-refractivity contribution is -1.00. The van der Waals surface area contributed by atoms with Crippen LogP contribution in [0.4, 0.5) is 13.2 Å². The molecule has 0 bridgehead atoms. The zero-order valence-corrected chi connectivity index (χ0v) is 14.9. The van der Waals surface area contributed by atoms with E-state index in [9.17, 15) is 27.9 Å². The number of piperazine rings is 1. The van der Waals surface area contributed by atoms with Gasteiger partial charge in [-0.1, -0.05) is 0 Å². The number of nitriles is 1. The zero-order valence-electron chi connectivity index (χ0n) is 14.9. The molecule has 1 atom stereocenters. The monoisotopic (exact) mass is 385 g/mol. The Hall–Kier alpha value is -2.64. The average Bonchev–Trinajstić information content (AvgIpc) is 2.65. The Kier molecular flexibility index (Phi) is 5.77. The van der Waals surface area contributed by atoms with Crippen molar-refractivity contribution < 1.29 is 32.9 Å². The predicted octanol–water partition coefficient (Wildman–Crippen LogP) is -0.414. The largest absolute Gasteiger partial charge is 0.426 e. The molecular weight excluding hydrogens is 365 g/mol. The molecule has 1 heterocycles. The molecule has 1 aliphatic rings. The lowest BCUT2D eigenvalue weighted by Crippen LogP contribution is -3.20. The van der Waals surface area contributed by atoms with Gasteiger partial charge in [0, 0.05) is 5.56 Å². The summed E-state index contributed by atoms with van der Waals surface area (Å²) in [6.07, 6.45) is -5.06. The maximum Gasteiger partial charge on any atom is 0.426 e. The zero-order chi connectivity index (χ0) is 20.4. The second-order valence-corrected chi connectivity index (χ2v) is 6.48. The van der Waals surface area contributed by atoms with Crippen molar-refractivity contribution in [3.8, 4) is 6.07 Å². The highest BCUT2D eigenvalue weighted by atomic mass is 19.4. The first-order chi connectivity index (χ1) is 12.5. The molecule has 1 saturated heterocycles. The molecule has 0 radical (unpaired) electrons. The number of benzene rings is 1. The molecule has 0 spiro atoms. The first-order valence-corrected chi connectivity index (χ1v) is 8.20. The van der Waals surface area contributed by atoms with Gasteiger partial charge in [-0.05, 0) is 31.2 Å². The summed E-state index contributed by atoms with van der Waals surface area (Å²) in [5.41, 5.74) is -2.64. The van der Waals surface area contributed by atoms with Crippen LogP contribution in [0, 0.1) is 11.3 Å². The minimum atomic E-state index is -5.06. The van der Waals surface area contributed by atoms with Gasteiger partial charge in [0.05, 0.1) is 31.8 Å². The van der Waals surface area contributed by atoms with Crippen LogP contribution in [0.15, 0.2) is 24.3 Å². The lowest BCUT2D eigenvalue weighted by atomic mass is 10.0. The van der Waals surface area contributed by atoms with Crippen molar-refractivity contribution in [2.45, 2.75) is 18.7 Å². The Bertz CT molecular complexity index is 748. The number of hydrogen-bond acceptors (Lipinski definition) is 4. The quantitative estimate of drug-likeness (QED) is 0.740. The number of nitrogens with zero attached hydrogens (tertiary/aromatic N) is 3. The van der Waals surface area contributed by atoms with E-state index in [1.807, 2.05) is 6.07 Å². The van der Waals surface area contributed by atoms with Crippen molar-refractivity contribution in [1.82, 2.24) is 9.91 Å². The second-order valence-electron chi connectivity index (χ2n) is 6.48. The van der Waals surface area contributed by atoms with Crippen LogP contribution in [0.5, 0.6) is 0 Å². The molecule has 146 valence electrons. The SMILES string of the molecule is CN(C(=O)c1ccc(C#N)cc1)[NH+]1CCN(C(=O)C(C)(O)C(F)(F)F)CC1. The highest BCUT2D eigenvalue weighted by Crippen LogP contribution is 2.31. The van der Waals surface area contributed by atoms with E-state index < -0.39 is 17.7 Å². The van der Waals surface area contributed by atoms with E-state index in [0.717, 1.165) is 4.90 Å². The maximum absolute atomic E-state index is 12.8. The van der Waals surface area contributed by atoms with E-state index in [-0.39, 0.29) is 32.1 Å². The minimum absolute atomic E-state index is 0.0224. The van der Waals surface area contributed by atoms with Crippen LogP contribution in [0.2, 0.25) is 0 Å². The van der Waals surface area contributed by atoms with Crippen molar-refractivity contribution >= 4 is 11.8 Å². The maximum atomic E-state index is 12.8. The summed E-state index contributed by atoms with van der Waals surface area (Å²) in [4.78, 5) is 25.5. The number of carbonyl (C=O) groups is 2. The molecule has 1 fully saturated rings. The summed E-state index contributed by atoms with van der Waals surface area (Å²) < 4.78 is 38.4. The second kappa shape index (κ2) is 7.54. The average molecular weight is 385 g/mol. The summed E-state index contributed by atoms with van der Waals surface area (Å²) in [6.45, 7) is 0.836. The summed E-state index contributed by atoms with van der Waals surface area (Å²) in [6, 6.07) is 8.05. The summed E-state index contributed by atoms with van der Waals surface area (Å²) in [5.74, 6) is -1.70. The van der Waals surface area contributed by atoms with Crippen LogP contribution in [0.25, 0.3) is 0 Å². The number of nitrogens with one attached hydrogen (secondary N) is 1. The molecule has 2 amide bonds. The Balaban J connectivity index is 1.99. The highest BCUT2D eigenvalue weighted by molar-refractivity contribution is 5.93. The van der Waals surface area contributed by atoms with E-state index in [0.29, 0.717) is 23.1 Å². The molecule has 0 aromatic heterocycles. The normalized spacial score (nSPS) is 17.7. The smallest absolute Gasteiger partial charge is 0.373 e. The number of aliphatic hydroxyl groups is 1. The van der Waals surface area contributed by atoms with Gasteiger partial charge in [0.25, 0.3) is 11.8 Å². The molecule has 7 nitrogen and oxygen atoms in total. The fraction of sp³-hybridized carbons (Fsp3) is 0.471. The number of alkyl halides is 3. The van der Waals surface area contributed by atoms with Crippen LogP contribution in [-0.2, 0) is 4.79 Å². The molecule has 1 aromatic rings. The standard InChI is InChI=1S/C17H19F3N4O3/c1-16(27,17(18,19)20)15(26)23-7-9-24(10-8-23)22(2)14(25)13-5-3-12(11-21)4-6-13/h3-6,27H,7-10H2,1-2H3/p+1. The van der Waals surface area contributed by atoms with Crippen LogP contribution >= 0.6 is 0 Å². The number of rotatable bonds is 3. The molecule has 10 heteroatoms. The van der Waals surface area contributed by atoms with Gasteiger partial charge in [-0.2, -0.15) is 23.4 Å². The van der Waals surface area contributed by atoms with E-state index in [2.05, 4.69) is 0 Å². The van der Waals surface area contributed by atoms with E-state index in [1.165, 1.54) is 29.3 Å². The van der Waals surface area contributed by atoms with E-state index in [4.69, 9.17) is 5.26 Å². The summed E-state index contributed by atoms with van der Waals surface area (Å²) in [5, 5.41) is 20.4. The molecule has 2 N–H and O–H groups in total. The van der Waals surface area contributed by atoms with E-state index in [1.54, 1.807) is 7.05 Å². The topological polar surface area (TPSA) is 89.1 Å². The third kappa shape index (κ3) is 4.20. The first kappa shape index (κ1) is 20.7. The van der Waals surface area contributed by atoms with Gasteiger partial charge in [-0.25, -0.2) is 5.01 Å². The molecule has 0 aliphatic carbocycles.